The monoisotopic (exact) mass is 308 g/mol. The Kier molecular flexibility index (Phi) is 4.06. The van der Waals surface area contributed by atoms with Crippen LogP contribution in [0.4, 0.5) is 5.69 Å². The van der Waals surface area contributed by atoms with Crippen LogP contribution < -0.4 is 5.43 Å². The van der Waals surface area contributed by atoms with Gasteiger partial charge in [0.15, 0.2) is 4.62 Å². The lowest BCUT2D eigenvalue weighted by Gasteiger charge is -2.00. The molecule has 1 aromatic carbocycles. The van der Waals surface area contributed by atoms with Gasteiger partial charge in [0, 0.05) is 0 Å². The molecule has 5 heteroatoms. The molecule has 0 unspecified atom stereocenters. The first-order valence-corrected chi connectivity index (χ1v) is 6.57. The van der Waals surface area contributed by atoms with Crippen LogP contribution in [-0.4, -0.2) is 10.4 Å². The van der Waals surface area contributed by atoms with Gasteiger partial charge in [-0.05, 0) is 39.5 Å². The number of Topliss-reactive ketones (excluding diaryl/α,β-unsaturated/α-hetero) is 1. The second-order valence-corrected chi connectivity index (χ2v) is 4.89. The second kappa shape index (κ2) is 5.75. The number of carbonyl (C=O) groups excluding carboxylic acids is 1. The summed E-state index contributed by atoms with van der Waals surface area (Å²) in [6.07, 6.45) is 0. The summed E-state index contributed by atoms with van der Waals surface area (Å²) < 4.78 is 0.267. The van der Waals surface area contributed by atoms with Crippen molar-refractivity contribution in [1.82, 2.24) is 0 Å². The lowest BCUT2D eigenvalue weighted by atomic mass is 10.3. The molecule has 0 aliphatic rings. The molecule has 0 atom stereocenters. The van der Waals surface area contributed by atoms with Gasteiger partial charge in [0.05, 0.1) is 10.6 Å². The molecule has 3 nitrogen and oxygen atoms in total. The fraction of sp³-hybridized carbons (Fsp3) is 0. The number of carbonyl (C=O) groups is 1. The van der Waals surface area contributed by atoms with Crippen LogP contribution in [0.25, 0.3) is 0 Å². The first-order chi connectivity index (χ1) is 8.27. The summed E-state index contributed by atoms with van der Waals surface area (Å²) in [4.78, 5) is 12.5. The van der Waals surface area contributed by atoms with Gasteiger partial charge in [0.1, 0.15) is 0 Å². The number of nitrogens with one attached hydrogen (secondary N) is 1. The maximum absolute atomic E-state index is 11.8. The van der Waals surface area contributed by atoms with E-state index in [-0.39, 0.29) is 10.4 Å². The molecule has 2 aromatic rings. The highest BCUT2D eigenvalue weighted by molar-refractivity contribution is 9.19. The molecular formula is C12H9BrN2OS. The Bertz CT molecular complexity index is 523. The number of hydrogen-bond donors (Lipinski definition) is 1. The molecule has 0 saturated carbocycles. The molecule has 0 radical (unpaired) electrons. The maximum Gasteiger partial charge on any atom is 0.230 e. The summed E-state index contributed by atoms with van der Waals surface area (Å²) in [7, 11) is 0. The summed E-state index contributed by atoms with van der Waals surface area (Å²) in [5, 5.41) is 5.85. The van der Waals surface area contributed by atoms with E-state index in [1.807, 2.05) is 41.8 Å². The predicted octanol–water partition coefficient (Wildman–Crippen LogP) is 3.75. The minimum absolute atomic E-state index is 0.122. The molecule has 1 N–H and O–H groups in total. The number of hydrogen-bond acceptors (Lipinski definition) is 4. The molecule has 0 spiro atoms. The SMILES string of the molecule is O=C(/C(Br)=N/Nc1ccccc1)c1cccs1. The van der Waals surface area contributed by atoms with E-state index in [1.54, 1.807) is 6.07 Å². The lowest BCUT2D eigenvalue weighted by molar-refractivity contribution is 0.107. The van der Waals surface area contributed by atoms with Gasteiger partial charge in [0.25, 0.3) is 0 Å². The number of thiophene rings is 1. The average molecular weight is 309 g/mol. The van der Waals surface area contributed by atoms with Crippen LogP contribution in [0.1, 0.15) is 9.67 Å². The Balaban J connectivity index is 2.05. The molecule has 0 aliphatic heterocycles. The van der Waals surface area contributed by atoms with Crippen molar-refractivity contribution in [2.45, 2.75) is 0 Å². The van der Waals surface area contributed by atoms with Crippen molar-refractivity contribution in [2.24, 2.45) is 5.10 Å². The Hall–Kier alpha value is -1.46. The van der Waals surface area contributed by atoms with Crippen molar-refractivity contribution in [3.63, 3.8) is 0 Å². The van der Waals surface area contributed by atoms with Crippen molar-refractivity contribution >= 4 is 43.4 Å². The molecule has 0 aliphatic carbocycles. The first kappa shape index (κ1) is 12.0. The summed E-state index contributed by atoms with van der Waals surface area (Å²) in [5.74, 6) is -0.122. The van der Waals surface area contributed by atoms with Gasteiger partial charge in [-0.25, -0.2) is 0 Å². The fourth-order valence-corrected chi connectivity index (χ4v) is 2.28. The predicted molar refractivity (Wildman–Crippen MR) is 75.1 cm³/mol. The first-order valence-electron chi connectivity index (χ1n) is 4.90. The van der Waals surface area contributed by atoms with Gasteiger partial charge in [-0.2, -0.15) is 5.10 Å². The highest BCUT2D eigenvalue weighted by Gasteiger charge is 2.11. The zero-order valence-corrected chi connectivity index (χ0v) is 11.2. The summed E-state index contributed by atoms with van der Waals surface area (Å²) >= 11 is 4.56. The molecule has 0 amide bonds. The average Bonchev–Trinajstić information content (AvgIpc) is 2.90. The lowest BCUT2D eigenvalue weighted by Crippen LogP contribution is -2.07. The zero-order valence-electron chi connectivity index (χ0n) is 8.76. The molecule has 0 saturated heterocycles. The van der Waals surface area contributed by atoms with E-state index in [1.165, 1.54) is 11.3 Å². The number of anilines is 1. The van der Waals surface area contributed by atoms with E-state index in [9.17, 15) is 4.79 Å². The Morgan fingerprint density at radius 3 is 2.59 bits per heavy atom. The summed E-state index contributed by atoms with van der Waals surface area (Å²) in [6.45, 7) is 0. The van der Waals surface area contributed by atoms with E-state index >= 15 is 0 Å². The molecule has 1 heterocycles. The Morgan fingerprint density at radius 1 is 1.18 bits per heavy atom. The number of nitrogens with zero attached hydrogens (tertiary/aromatic N) is 1. The smallest absolute Gasteiger partial charge is 0.230 e. The van der Waals surface area contributed by atoms with Crippen molar-refractivity contribution in [2.75, 3.05) is 5.43 Å². The van der Waals surface area contributed by atoms with Crippen LogP contribution >= 0.6 is 27.3 Å². The molecular weight excluding hydrogens is 300 g/mol. The van der Waals surface area contributed by atoms with Gasteiger partial charge < -0.3 is 0 Å². The van der Waals surface area contributed by atoms with Gasteiger partial charge in [0.2, 0.25) is 5.78 Å². The number of para-hydroxylation sites is 1. The van der Waals surface area contributed by atoms with Gasteiger partial charge in [-0.15, -0.1) is 11.3 Å². The van der Waals surface area contributed by atoms with E-state index < -0.39 is 0 Å². The molecule has 86 valence electrons. The van der Waals surface area contributed by atoms with E-state index in [4.69, 9.17) is 0 Å². The van der Waals surface area contributed by atoms with E-state index in [0.717, 1.165) is 5.69 Å². The van der Waals surface area contributed by atoms with Gasteiger partial charge in [-0.1, -0.05) is 24.3 Å². The maximum atomic E-state index is 11.8. The molecule has 0 fully saturated rings. The number of benzene rings is 1. The van der Waals surface area contributed by atoms with Crippen LogP contribution in [0.2, 0.25) is 0 Å². The largest absolute Gasteiger partial charge is 0.285 e. The summed E-state index contributed by atoms with van der Waals surface area (Å²) in [5.41, 5.74) is 3.65. The molecule has 17 heavy (non-hydrogen) atoms. The minimum Gasteiger partial charge on any atom is -0.285 e. The second-order valence-electron chi connectivity index (χ2n) is 3.19. The number of halogens is 1. The van der Waals surface area contributed by atoms with Crippen molar-refractivity contribution < 1.29 is 4.79 Å². The zero-order chi connectivity index (χ0) is 12.1. The van der Waals surface area contributed by atoms with Gasteiger partial charge in [-0.3, -0.25) is 10.2 Å². The van der Waals surface area contributed by atoms with Crippen molar-refractivity contribution in [3.05, 3.63) is 52.7 Å². The third-order valence-electron chi connectivity index (χ3n) is 1.99. The highest BCUT2D eigenvalue weighted by Crippen LogP contribution is 2.13. The third kappa shape index (κ3) is 3.25. The molecule has 2 rings (SSSR count). The molecule has 1 aromatic heterocycles. The number of ketones is 1. The van der Waals surface area contributed by atoms with Crippen LogP contribution in [0, 0.1) is 0 Å². The normalized spacial score (nSPS) is 11.2. The summed E-state index contributed by atoms with van der Waals surface area (Å²) in [6, 6.07) is 13.1. The Labute approximate surface area is 111 Å². The van der Waals surface area contributed by atoms with Gasteiger partial charge >= 0.3 is 0 Å². The fourth-order valence-electron chi connectivity index (χ4n) is 1.19. The van der Waals surface area contributed by atoms with E-state index in [2.05, 4.69) is 26.5 Å². The molecule has 0 bridgehead atoms. The van der Waals surface area contributed by atoms with Crippen LogP contribution in [0.5, 0.6) is 0 Å². The van der Waals surface area contributed by atoms with Crippen LogP contribution in [0.3, 0.4) is 0 Å². The third-order valence-corrected chi connectivity index (χ3v) is 3.40. The van der Waals surface area contributed by atoms with E-state index in [0.29, 0.717) is 4.88 Å². The standard InChI is InChI=1S/C12H9BrN2OS/c13-12(11(16)10-7-4-8-17-10)15-14-9-5-2-1-3-6-9/h1-8,14H/b15-12-. The van der Waals surface area contributed by atoms with Crippen LogP contribution in [0.15, 0.2) is 52.9 Å². The van der Waals surface area contributed by atoms with Crippen molar-refractivity contribution in [3.8, 4) is 0 Å². The number of rotatable bonds is 4. The number of hydrazone groups is 1. The highest BCUT2D eigenvalue weighted by atomic mass is 79.9. The quantitative estimate of drug-likeness (QED) is 0.531. The minimum atomic E-state index is -0.122. The van der Waals surface area contributed by atoms with Crippen molar-refractivity contribution in [1.29, 1.82) is 0 Å². The topological polar surface area (TPSA) is 41.5 Å². The van der Waals surface area contributed by atoms with Crippen LogP contribution in [-0.2, 0) is 0 Å². The Morgan fingerprint density at radius 2 is 1.94 bits per heavy atom.